The van der Waals surface area contributed by atoms with Gasteiger partial charge in [0.05, 0.1) is 13.2 Å². The zero-order valence-electron chi connectivity index (χ0n) is 34.2. The molecule has 0 radical (unpaired) electrons. The summed E-state index contributed by atoms with van der Waals surface area (Å²) in [4.78, 5) is 12.2. The zero-order valence-corrected chi connectivity index (χ0v) is 34.2. The summed E-state index contributed by atoms with van der Waals surface area (Å²) in [6.45, 7) is 5.06. The third-order valence-electron chi connectivity index (χ3n) is 8.59. The Morgan fingerprint density at radius 3 is 1.19 bits per heavy atom. The molecule has 300 valence electrons. The van der Waals surface area contributed by atoms with Gasteiger partial charge in [-0.15, -0.1) is 0 Å². The largest absolute Gasteiger partial charge is 0.457 e. The molecule has 0 rings (SSSR count). The molecular weight excluding hydrogens is 653 g/mol. The zero-order chi connectivity index (χ0) is 38.4. The molecule has 0 amide bonds. The van der Waals surface area contributed by atoms with Gasteiger partial charge in [-0.25, -0.2) is 0 Å². The van der Waals surface area contributed by atoms with Crippen molar-refractivity contribution < 1.29 is 19.4 Å². The van der Waals surface area contributed by atoms with E-state index in [2.05, 4.69) is 123 Å². The minimum absolute atomic E-state index is 0.191. The fourth-order valence-corrected chi connectivity index (χ4v) is 5.46. The molecule has 1 N–H and O–H groups in total. The number of hydrogen-bond donors (Lipinski definition) is 1. The first-order valence-electron chi connectivity index (χ1n) is 21.5. The Bertz CT molecular complexity index is 1040. The monoisotopic (exact) mass is 733 g/mol. The van der Waals surface area contributed by atoms with Crippen LogP contribution in [-0.2, 0) is 14.3 Å². The molecule has 4 heteroatoms. The van der Waals surface area contributed by atoms with Crippen LogP contribution in [0.4, 0.5) is 0 Å². The number of esters is 1. The van der Waals surface area contributed by atoms with Gasteiger partial charge in [-0.1, -0.05) is 175 Å². The van der Waals surface area contributed by atoms with Gasteiger partial charge in [-0.05, 0) is 96.3 Å². The van der Waals surface area contributed by atoms with E-state index >= 15 is 0 Å². The number of rotatable bonds is 38. The lowest BCUT2D eigenvalue weighted by Crippen LogP contribution is -2.27. The van der Waals surface area contributed by atoms with Gasteiger partial charge in [0.25, 0.3) is 0 Å². The maximum atomic E-state index is 12.2. The molecule has 0 aromatic heterocycles. The minimum atomic E-state index is -0.557. The molecule has 4 nitrogen and oxygen atoms in total. The number of aliphatic hydroxyl groups excluding tert-OH is 1. The van der Waals surface area contributed by atoms with Crippen molar-refractivity contribution in [3.63, 3.8) is 0 Å². The molecule has 0 aromatic rings. The predicted octanol–water partition coefficient (Wildman–Crippen LogP) is 14.3. The first-order valence-corrected chi connectivity index (χ1v) is 21.5. The molecule has 0 saturated heterocycles. The highest BCUT2D eigenvalue weighted by atomic mass is 16.6. The van der Waals surface area contributed by atoms with Crippen LogP contribution in [0.5, 0.6) is 0 Å². The highest BCUT2D eigenvalue weighted by Crippen LogP contribution is 2.11. The average molecular weight is 733 g/mol. The summed E-state index contributed by atoms with van der Waals surface area (Å²) in [6.07, 6.45) is 65.7. The van der Waals surface area contributed by atoms with Crippen molar-refractivity contribution in [1.29, 1.82) is 0 Å². The number of allylic oxidation sites excluding steroid dienone is 18. The van der Waals surface area contributed by atoms with Gasteiger partial charge in [-0.3, -0.25) is 4.79 Å². The molecule has 0 aliphatic carbocycles. The van der Waals surface area contributed by atoms with Gasteiger partial charge in [0.1, 0.15) is 6.10 Å². The van der Waals surface area contributed by atoms with Crippen LogP contribution in [0.3, 0.4) is 0 Å². The van der Waals surface area contributed by atoms with E-state index in [1.807, 2.05) is 0 Å². The van der Waals surface area contributed by atoms with Gasteiger partial charge in [-0.2, -0.15) is 0 Å². The number of carbonyl (C=O) groups is 1. The maximum Gasteiger partial charge on any atom is 0.306 e. The van der Waals surface area contributed by atoms with Crippen LogP contribution in [0.2, 0.25) is 0 Å². The van der Waals surface area contributed by atoms with Gasteiger partial charge < -0.3 is 14.6 Å². The molecule has 1 unspecified atom stereocenters. The van der Waals surface area contributed by atoms with E-state index < -0.39 is 6.10 Å². The fraction of sp³-hybridized carbons (Fsp3) is 0.612. The maximum absolute atomic E-state index is 12.2. The summed E-state index contributed by atoms with van der Waals surface area (Å²) >= 11 is 0. The van der Waals surface area contributed by atoms with E-state index in [9.17, 15) is 9.90 Å². The van der Waals surface area contributed by atoms with Crippen molar-refractivity contribution in [1.82, 2.24) is 0 Å². The molecule has 0 heterocycles. The van der Waals surface area contributed by atoms with Gasteiger partial charge in [0.15, 0.2) is 0 Å². The van der Waals surface area contributed by atoms with Gasteiger partial charge in [0.2, 0.25) is 0 Å². The standard InChI is InChI=1S/C49H80O4/c1-3-5-7-9-11-13-15-17-19-21-22-23-24-25-26-27-28-29-30-32-34-36-38-40-42-44-49(51)53-48(46-50)47-52-45-43-41-39-37-35-33-31-20-18-16-14-12-10-8-6-4-2/h5-8,11-14,17-20,22-23,25-26,28-29,48,50H,3-4,9-10,15-16,21,24,27,30-47H2,1-2H3/b7-5-,8-6-,13-11-,14-12-,19-17-,20-18-,23-22-,26-25-,29-28-. The quantitative estimate of drug-likeness (QED) is 0.0390. The lowest BCUT2D eigenvalue weighted by Gasteiger charge is -2.15. The first kappa shape index (κ1) is 50.1. The molecule has 0 aromatic carbocycles. The Labute approximate surface area is 327 Å². The molecule has 0 bridgehead atoms. The first-order chi connectivity index (χ1) is 26.2. The third kappa shape index (κ3) is 43.3. The SMILES string of the molecule is CC/C=C\C/C=C\C/C=C\C/C=C\C/C=C\C/C=C\CCCCCCCCC(=O)OC(CO)COCCCCCCCC/C=C\C/C=C\C/C=C\CC. The molecular formula is C49H80O4. The van der Waals surface area contributed by atoms with Crippen molar-refractivity contribution >= 4 is 5.97 Å². The van der Waals surface area contributed by atoms with E-state index in [0.717, 1.165) is 96.3 Å². The predicted molar refractivity (Wildman–Crippen MR) is 232 cm³/mol. The van der Waals surface area contributed by atoms with Crippen LogP contribution in [-0.4, -0.2) is 37.0 Å². The smallest absolute Gasteiger partial charge is 0.306 e. The summed E-state index contributed by atoms with van der Waals surface area (Å²) < 4.78 is 11.1. The van der Waals surface area contributed by atoms with Crippen molar-refractivity contribution in [2.45, 2.75) is 174 Å². The summed E-state index contributed by atoms with van der Waals surface area (Å²) in [7, 11) is 0. The van der Waals surface area contributed by atoms with E-state index in [0.29, 0.717) is 13.0 Å². The Morgan fingerprint density at radius 2 is 0.792 bits per heavy atom. The van der Waals surface area contributed by atoms with E-state index in [-0.39, 0.29) is 19.2 Å². The van der Waals surface area contributed by atoms with E-state index in [1.165, 1.54) is 51.4 Å². The topological polar surface area (TPSA) is 55.8 Å². The van der Waals surface area contributed by atoms with E-state index in [4.69, 9.17) is 9.47 Å². The lowest BCUT2D eigenvalue weighted by atomic mass is 10.1. The number of ether oxygens (including phenoxy) is 2. The van der Waals surface area contributed by atoms with Crippen molar-refractivity contribution in [3.05, 3.63) is 109 Å². The Balaban J connectivity index is 3.56. The number of unbranched alkanes of at least 4 members (excludes halogenated alkanes) is 12. The summed E-state index contributed by atoms with van der Waals surface area (Å²) in [5, 5.41) is 9.60. The molecule has 0 spiro atoms. The molecule has 0 aliphatic rings. The lowest BCUT2D eigenvalue weighted by molar-refractivity contribution is -0.154. The molecule has 53 heavy (non-hydrogen) atoms. The normalized spacial score (nSPS) is 13.5. The second-order valence-electron chi connectivity index (χ2n) is 13.6. The summed E-state index contributed by atoms with van der Waals surface area (Å²) in [5.41, 5.74) is 0. The molecule has 0 fully saturated rings. The van der Waals surface area contributed by atoms with E-state index in [1.54, 1.807) is 0 Å². The van der Waals surface area contributed by atoms with Crippen LogP contribution < -0.4 is 0 Å². The van der Waals surface area contributed by atoms with Gasteiger partial charge in [0, 0.05) is 13.0 Å². The second kappa shape index (κ2) is 45.2. The second-order valence-corrected chi connectivity index (χ2v) is 13.6. The fourth-order valence-electron chi connectivity index (χ4n) is 5.46. The van der Waals surface area contributed by atoms with Crippen molar-refractivity contribution in [2.75, 3.05) is 19.8 Å². The number of carbonyl (C=O) groups excluding carboxylic acids is 1. The average Bonchev–Trinajstić information content (AvgIpc) is 3.16. The third-order valence-corrected chi connectivity index (χ3v) is 8.59. The van der Waals surface area contributed by atoms with Gasteiger partial charge >= 0.3 is 5.97 Å². The molecule has 1 atom stereocenters. The highest BCUT2D eigenvalue weighted by Gasteiger charge is 2.13. The Hall–Kier alpha value is -2.95. The summed E-state index contributed by atoms with van der Waals surface area (Å²) in [5.74, 6) is -0.226. The van der Waals surface area contributed by atoms with Crippen LogP contribution in [0.1, 0.15) is 168 Å². The molecule has 0 saturated carbocycles. The minimum Gasteiger partial charge on any atom is -0.457 e. The number of hydrogen-bond acceptors (Lipinski definition) is 4. The highest BCUT2D eigenvalue weighted by molar-refractivity contribution is 5.69. The van der Waals surface area contributed by atoms with Crippen molar-refractivity contribution in [2.24, 2.45) is 0 Å². The van der Waals surface area contributed by atoms with Crippen molar-refractivity contribution in [3.8, 4) is 0 Å². The van der Waals surface area contributed by atoms with Crippen LogP contribution in [0.25, 0.3) is 0 Å². The number of aliphatic hydroxyl groups is 1. The molecule has 0 aliphatic heterocycles. The Morgan fingerprint density at radius 1 is 0.453 bits per heavy atom. The Kier molecular flexibility index (Phi) is 42.7. The van der Waals surface area contributed by atoms with Crippen LogP contribution >= 0.6 is 0 Å². The summed E-state index contributed by atoms with van der Waals surface area (Å²) in [6, 6.07) is 0. The van der Waals surface area contributed by atoms with Crippen LogP contribution in [0, 0.1) is 0 Å². The van der Waals surface area contributed by atoms with Crippen LogP contribution in [0.15, 0.2) is 109 Å².